The van der Waals surface area contributed by atoms with Gasteiger partial charge in [-0.1, -0.05) is 129 Å². The first-order valence-corrected chi connectivity index (χ1v) is 29.0. The van der Waals surface area contributed by atoms with E-state index in [1.807, 2.05) is 0 Å². The minimum absolute atomic E-state index is 0.00411. The highest BCUT2D eigenvalue weighted by Gasteiger charge is 2.49. The molecule has 9 aromatic rings. The maximum atomic E-state index is 7.38. The van der Waals surface area contributed by atoms with Crippen LogP contribution in [0.2, 0.25) is 0 Å². The van der Waals surface area contributed by atoms with Crippen LogP contribution in [0.15, 0.2) is 133 Å². The molecule has 6 aliphatic heterocycles. The number of nitrogens with zero attached hydrogens (tertiary/aromatic N) is 2. The van der Waals surface area contributed by atoms with Gasteiger partial charge in [0, 0.05) is 46.0 Å². The van der Waals surface area contributed by atoms with E-state index in [4.69, 9.17) is 18.9 Å². The summed E-state index contributed by atoms with van der Waals surface area (Å²) in [5, 5.41) is 0. The lowest BCUT2D eigenvalue weighted by Gasteiger charge is -2.43. The lowest BCUT2D eigenvalue weighted by molar-refractivity contribution is 0.464. The van der Waals surface area contributed by atoms with E-state index >= 15 is 0 Å². The van der Waals surface area contributed by atoms with Crippen molar-refractivity contribution in [3.63, 3.8) is 0 Å². The monoisotopic (exact) mass is 1060 g/mol. The molecule has 15 rings (SSSR count). The van der Waals surface area contributed by atoms with E-state index < -0.39 is 0 Å². The molecular formula is C72H67B3N2O4. The van der Waals surface area contributed by atoms with Crippen molar-refractivity contribution in [2.45, 2.75) is 120 Å². The van der Waals surface area contributed by atoms with Crippen LogP contribution in [0, 0.1) is 41.5 Å². The molecule has 0 N–H and O–H groups in total. The lowest BCUT2D eigenvalue weighted by Crippen LogP contribution is -2.64. The zero-order valence-electron chi connectivity index (χ0n) is 49.5. The first-order valence-electron chi connectivity index (χ1n) is 29.0. The summed E-state index contributed by atoms with van der Waals surface area (Å²) in [6.07, 6.45) is 0. The second-order valence-corrected chi connectivity index (χ2v) is 27.4. The van der Waals surface area contributed by atoms with Gasteiger partial charge < -0.3 is 28.7 Å². The molecule has 0 bridgehead atoms. The van der Waals surface area contributed by atoms with E-state index in [0.717, 1.165) is 108 Å². The number of ether oxygens (including phenoxy) is 4. The predicted molar refractivity (Wildman–Crippen MR) is 340 cm³/mol. The van der Waals surface area contributed by atoms with Gasteiger partial charge in [-0.15, -0.1) is 0 Å². The second kappa shape index (κ2) is 16.8. The van der Waals surface area contributed by atoms with Gasteiger partial charge in [-0.2, -0.15) is 0 Å². The number of rotatable bonds is 2. The minimum atomic E-state index is -0.229. The van der Waals surface area contributed by atoms with E-state index in [2.05, 4.69) is 247 Å². The Balaban J connectivity index is 1.02. The van der Waals surface area contributed by atoms with Crippen LogP contribution in [0.5, 0.6) is 46.0 Å². The van der Waals surface area contributed by atoms with Gasteiger partial charge >= 0.3 is 0 Å². The quantitative estimate of drug-likeness (QED) is 0.161. The molecule has 0 spiro atoms. The second-order valence-electron chi connectivity index (χ2n) is 27.4. The van der Waals surface area contributed by atoms with Crippen molar-refractivity contribution < 1.29 is 18.9 Å². The lowest BCUT2D eigenvalue weighted by atomic mass is 9.30. The molecule has 0 saturated carbocycles. The van der Waals surface area contributed by atoms with Crippen molar-refractivity contribution in [2.75, 3.05) is 9.80 Å². The van der Waals surface area contributed by atoms with Crippen LogP contribution in [-0.4, -0.2) is 20.1 Å². The Morgan fingerprint density at radius 1 is 0.296 bits per heavy atom. The van der Waals surface area contributed by atoms with Crippen molar-refractivity contribution in [3.8, 4) is 46.0 Å². The van der Waals surface area contributed by atoms with Crippen molar-refractivity contribution in [1.82, 2.24) is 0 Å². The smallest absolute Gasteiger partial charge is 0.260 e. The molecule has 0 saturated heterocycles. The first kappa shape index (κ1) is 50.0. The normalized spacial score (nSPS) is 14.6. The van der Waals surface area contributed by atoms with Gasteiger partial charge in [0.1, 0.15) is 46.0 Å². The molecule has 0 atom stereocenters. The highest BCUT2D eigenvalue weighted by atomic mass is 16.5. The van der Waals surface area contributed by atoms with E-state index in [-0.39, 0.29) is 36.4 Å². The number of fused-ring (bicyclic) bond motifs is 12. The van der Waals surface area contributed by atoms with E-state index in [0.29, 0.717) is 0 Å². The van der Waals surface area contributed by atoms with Crippen molar-refractivity contribution in [1.29, 1.82) is 0 Å². The fourth-order valence-electron chi connectivity index (χ4n) is 14.5. The molecule has 9 aromatic carbocycles. The van der Waals surface area contributed by atoms with Gasteiger partial charge in [-0.3, -0.25) is 0 Å². The van der Waals surface area contributed by atoms with Crippen LogP contribution < -0.4 is 77.9 Å². The van der Waals surface area contributed by atoms with Gasteiger partial charge in [0.2, 0.25) is 0 Å². The average Bonchev–Trinajstić information content (AvgIpc) is 3.47. The van der Waals surface area contributed by atoms with Gasteiger partial charge in [-0.05, 0) is 207 Å². The molecule has 0 amide bonds. The highest BCUT2D eigenvalue weighted by Crippen LogP contribution is 2.48. The summed E-state index contributed by atoms with van der Waals surface area (Å²) in [7, 11) is 0. The summed E-state index contributed by atoms with van der Waals surface area (Å²) in [5.41, 5.74) is 27.9. The summed E-state index contributed by atoms with van der Waals surface area (Å²) < 4.78 is 28.9. The molecule has 0 aliphatic carbocycles. The first-order chi connectivity index (χ1) is 38.5. The summed E-state index contributed by atoms with van der Waals surface area (Å²) in [4.78, 5) is 4.99. The number of aryl methyl sites for hydroxylation is 6. The molecule has 0 unspecified atom stereocenters. The van der Waals surface area contributed by atoms with Crippen LogP contribution in [0.25, 0.3) is 0 Å². The van der Waals surface area contributed by atoms with Gasteiger partial charge in [0.15, 0.2) is 0 Å². The van der Waals surface area contributed by atoms with Crippen LogP contribution in [0.4, 0.5) is 34.1 Å². The fourth-order valence-corrected chi connectivity index (χ4v) is 14.5. The Hall–Kier alpha value is -8.03. The zero-order valence-corrected chi connectivity index (χ0v) is 49.5. The largest absolute Gasteiger partial charge is 0.458 e. The van der Waals surface area contributed by atoms with Crippen molar-refractivity contribution in [3.05, 3.63) is 184 Å². The van der Waals surface area contributed by atoms with Crippen LogP contribution in [-0.2, 0) is 16.2 Å². The summed E-state index contributed by atoms with van der Waals surface area (Å²) in [6, 6.07) is 50.9. The summed E-state index contributed by atoms with van der Waals surface area (Å²) in [6.45, 7) is 33.4. The van der Waals surface area contributed by atoms with Gasteiger partial charge in [0.25, 0.3) is 20.1 Å². The topological polar surface area (TPSA) is 43.4 Å². The third kappa shape index (κ3) is 7.42. The number of hydrogen-bond donors (Lipinski definition) is 0. The average molecular weight is 1060 g/mol. The molecule has 398 valence electrons. The third-order valence-corrected chi connectivity index (χ3v) is 18.3. The molecule has 0 fully saturated rings. The molecule has 0 aromatic heterocycles. The summed E-state index contributed by atoms with van der Waals surface area (Å²) in [5.74, 6) is 6.96. The van der Waals surface area contributed by atoms with E-state index in [1.54, 1.807) is 0 Å². The molecule has 81 heavy (non-hydrogen) atoms. The minimum Gasteiger partial charge on any atom is -0.458 e. The maximum Gasteiger partial charge on any atom is 0.260 e. The standard InChI is InChI=1S/C72H67B3N2O4/c1-38-24-42(5)69(43(6)25-38)77-55-37-61-53(35-49(55)74-51-33-46(72(13,14)15)19-23-59(51)79-63-29-40(3)27-57(77)67(63)74)75-52-34-48-54(36-60(52)80-64-30-41(4)31-65(81-61)68(64)75)76(47-20-16-44(17-21-47)70(7,8)9)56-26-39(2)28-62-66(56)73(48)50-32-45(71(10,11)12)18-22-58(50)78-62/h16-37H,1-15H3. The van der Waals surface area contributed by atoms with Gasteiger partial charge in [-0.25, -0.2) is 0 Å². The SMILES string of the molecule is Cc1cc(C)c(N2c3cc4c(cc3B3c5cc(C(C)(C)C)ccc5Oc5cc(C)cc2c53)B2c3cc5c(cc3Oc3cc(C)cc(c32)O4)N(c2ccc(C(C)(C)C)cc2)c2cc(C)cc3c2B5c2cc(C(C)(C)C)ccc2O3)c(C)c1. The number of hydrogen-bond acceptors (Lipinski definition) is 6. The van der Waals surface area contributed by atoms with Crippen molar-refractivity contribution in [2.24, 2.45) is 0 Å². The molecule has 6 heterocycles. The van der Waals surface area contributed by atoms with Crippen LogP contribution >= 0.6 is 0 Å². The van der Waals surface area contributed by atoms with Crippen molar-refractivity contribution >= 4 is 103 Å². The van der Waals surface area contributed by atoms with E-state index in [9.17, 15) is 0 Å². The van der Waals surface area contributed by atoms with E-state index in [1.165, 1.54) is 71.8 Å². The predicted octanol–water partition coefficient (Wildman–Crippen LogP) is 13.0. The highest BCUT2D eigenvalue weighted by molar-refractivity contribution is 7.03. The molecule has 6 aliphatic rings. The molecular weight excluding hydrogens is 989 g/mol. The Labute approximate surface area is 479 Å². The number of benzene rings is 9. The molecule has 6 nitrogen and oxygen atoms in total. The van der Waals surface area contributed by atoms with Crippen LogP contribution in [0.3, 0.4) is 0 Å². The van der Waals surface area contributed by atoms with Crippen LogP contribution in [0.1, 0.15) is 112 Å². The fraction of sp³-hybridized carbons (Fsp3) is 0.250. The molecule has 9 heteroatoms. The maximum absolute atomic E-state index is 7.38. The third-order valence-electron chi connectivity index (χ3n) is 18.3. The number of anilines is 6. The molecule has 0 radical (unpaired) electrons. The Morgan fingerprint density at radius 3 is 1.11 bits per heavy atom. The summed E-state index contributed by atoms with van der Waals surface area (Å²) >= 11 is 0. The van der Waals surface area contributed by atoms with Gasteiger partial charge in [0.05, 0.1) is 5.69 Å². The Kier molecular flexibility index (Phi) is 10.4. The zero-order chi connectivity index (χ0) is 56.2. The Morgan fingerprint density at radius 2 is 0.654 bits per heavy atom. The Bertz CT molecular complexity index is 4270.